The van der Waals surface area contributed by atoms with Crippen molar-refractivity contribution in [3.05, 3.63) is 95.2 Å². The fourth-order valence-corrected chi connectivity index (χ4v) is 4.52. The summed E-state index contributed by atoms with van der Waals surface area (Å²) < 4.78 is 8.52. The molecule has 0 saturated carbocycles. The standard InChI is InChI=1S/C14H9ClN2O.C13H9ClN2O.CH2ClI/c15-13-6-5-12-14(16-13)11-7-9-3-1-2-4-10(9)17(11)8-18-12;14-12-6-5-11(17)13(16-12)10-7-8-3-1-2-4-9(8)15-10;2-1-3/h1-7H,8H2;1-7,15,17H;1H2. The van der Waals surface area contributed by atoms with E-state index in [2.05, 4.69) is 60.3 Å². The van der Waals surface area contributed by atoms with Gasteiger partial charge in [-0.3, -0.25) is 0 Å². The third-order valence-corrected chi connectivity index (χ3v) is 6.27. The number of alkyl halides is 2. The number of fused-ring (bicyclic) bond motifs is 6. The van der Waals surface area contributed by atoms with Gasteiger partial charge < -0.3 is 19.4 Å². The van der Waals surface area contributed by atoms with Gasteiger partial charge in [-0.1, -0.05) is 82.2 Å². The molecular weight excluding hydrogens is 658 g/mol. The summed E-state index contributed by atoms with van der Waals surface area (Å²) >= 11 is 18.8. The molecule has 0 unspecified atom stereocenters. The monoisotopic (exact) mass is 676 g/mol. The van der Waals surface area contributed by atoms with Crippen LogP contribution in [0.5, 0.6) is 11.5 Å². The number of halogens is 4. The molecule has 0 amide bonds. The topological polar surface area (TPSA) is 76.0 Å². The van der Waals surface area contributed by atoms with Crippen LogP contribution < -0.4 is 4.74 Å². The van der Waals surface area contributed by atoms with Crippen molar-refractivity contribution in [1.29, 1.82) is 0 Å². The molecule has 0 aliphatic carbocycles. The second-order valence-electron chi connectivity index (χ2n) is 8.14. The number of benzene rings is 2. The van der Waals surface area contributed by atoms with E-state index < -0.39 is 0 Å². The van der Waals surface area contributed by atoms with Gasteiger partial charge >= 0.3 is 0 Å². The van der Waals surface area contributed by atoms with Gasteiger partial charge in [0.25, 0.3) is 0 Å². The average Bonchev–Trinajstić information content (AvgIpc) is 3.53. The number of hydrogen-bond donors (Lipinski definition) is 2. The minimum Gasteiger partial charge on any atom is -0.506 e. The molecular formula is C28H20Cl3IN4O2. The van der Waals surface area contributed by atoms with Crippen molar-refractivity contribution in [3.63, 3.8) is 0 Å². The molecule has 0 bridgehead atoms. The zero-order valence-corrected chi connectivity index (χ0v) is 24.1. The number of ether oxygens (including phenoxy) is 1. The Kier molecular flexibility index (Phi) is 8.28. The van der Waals surface area contributed by atoms with Gasteiger partial charge in [0.1, 0.15) is 33.2 Å². The second kappa shape index (κ2) is 11.8. The number of H-pyrrole nitrogens is 1. The van der Waals surface area contributed by atoms with Gasteiger partial charge in [0.2, 0.25) is 0 Å². The number of aromatic amines is 1. The molecule has 2 aromatic carbocycles. The van der Waals surface area contributed by atoms with Gasteiger partial charge in [0, 0.05) is 16.3 Å². The Morgan fingerprint density at radius 2 is 1.53 bits per heavy atom. The number of hydrogen-bond acceptors (Lipinski definition) is 4. The average molecular weight is 678 g/mol. The first kappa shape index (κ1) is 26.6. The molecule has 6 aromatic rings. The molecule has 192 valence electrons. The van der Waals surface area contributed by atoms with Crippen molar-refractivity contribution in [1.82, 2.24) is 19.5 Å². The molecule has 0 fully saturated rings. The predicted octanol–water partition coefficient (Wildman–Crippen LogP) is 8.91. The molecule has 4 aromatic heterocycles. The quantitative estimate of drug-likeness (QED) is 0.104. The molecule has 0 atom stereocenters. The molecule has 2 N–H and O–H groups in total. The predicted molar refractivity (Wildman–Crippen MR) is 164 cm³/mol. The molecule has 0 spiro atoms. The summed E-state index contributed by atoms with van der Waals surface area (Å²) in [5.74, 6) is 0.899. The second-order valence-corrected chi connectivity index (χ2v) is 10.8. The number of rotatable bonds is 1. The number of nitrogens with one attached hydrogen (secondary N) is 1. The van der Waals surface area contributed by atoms with Gasteiger partial charge in [0.15, 0.2) is 6.73 Å². The minimum atomic E-state index is 0.112. The van der Waals surface area contributed by atoms with Gasteiger partial charge in [-0.2, -0.15) is 0 Å². The van der Waals surface area contributed by atoms with Crippen molar-refractivity contribution >= 4 is 79.2 Å². The van der Waals surface area contributed by atoms with Crippen LogP contribution in [0, 0.1) is 0 Å². The highest BCUT2D eigenvalue weighted by Gasteiger charge is 2.21. The van der Waals surface area contributed by atoms with Crippen LogP contribution in [0.15, 0.2) is 84.9 Å². The lowest BCUT2D eigenvalue weighted by molar-refractivity contribution is 0.234. The van der Waals surface area contributed by atoms with E-state index >= 15 is 0 Å². The lowest BCUT2D eigenvalue weighted by Crippen LogP contribution is -2.13. The van der Waals surface area contributed by atoms with Crippen molar-refractivity contribution in [2.24, 2.45) is 0 Å². The molecule has 5 heterocycles. The van der Waals surface area contributed by atoms with E-state index in [1.165, 1.54) is 11.5 Å². The fourth-order valence-electron chi connectivity index (χ4n) is 4.23. The Labute approximate surface area is 247 Å². The van der Waals surface area contributed by atoms with Crippen LogP contribution in [-0.4, -0.2) is 28.5 Å². The highest BCUT2D eigenvalue weighted by Crippen LogP contribution is 2.37. The summed E-state index contributed by atoms with van der Waals surface area (Å²) in [7, 11) is 0. The summed E-state index contributed by atoms with van der Waals surface area (Å²) in [6.07, 6.45) is 0. The Morgan fingerprint density at radius 3 is 2.29 bits per heavy atom. The van der Waals surface area contributed by atoms with Crippen molar-refractivity contribution in [2.45, 2.75) is 6.73 Å². The smallest absolute Gasteiger partial charge is 0.165 e. The maximum Gasteiger partial charge on any atom is 0.165 e. The normalized spacial score (nSPS) is 11.5. The number of para-hydroxylation sites is 2. The van der Waals surface area contributed by atoms with E-state index in [-0.39, 0.29) is 5.75 Å². The SMILES string of the molecule is ClCI.Clc1ccc2c(n1)-c1cc3ccccc3n1CO2.Oc1ccc(Cl)nc1-c1cc2ccccc2[nH]1. The van der Waals surface area contributed by atoms with Crippen LogP contribution in [0.1, 0.15) is 0 Å². The highest BCUT2D eigenvalue weighted by molar-refractivity contribution is 14.1. The molecule has 0 radical (unpaired) electrons. The Hall–Kier alpha value is -2.98. The summed E-state index contributed by atoms with van der Waals surface area (Å²) in [6.45, 7) is 0.513. The van der Waals surface area contributed by atoms with Gasteiger partial charge in [0.05, 0.1) is 20.8 Å². The van der Waals surface area contributed by atoms with Gasteiger partial charge in [-0.25, -0.2) is 9.97 Å². The van der Waals surface area contributed by atoms with Crippen LogP contribution in [0.3, 0.4) is 0 Å². The Balaban J connectivity index is 0.000000141. The minimum absolute atomic E-state index is 0.112. The lowest BCUT2D eigenvalue weighted by Gasteiger charge is -2.20. The molecule has 7 rings (SSSR count). The van der Waals surface area contributed by atoms with Crippen LogP contribution in [0.4, 0.5) is 0 Å². The first-order valence-electron chi connectivity index (χ1n) is 11.4. The third kappa shape index (κ3) is 5.56. The summed E-state index contributed by atoms with van der Waals surface area (Å²) in [5.41, 5.74) is 5.24. The van der Waals surface area contributed by atoms with Crippen LogP contribution >= 0.6 is 57.4 Å². The first-order chi connectivity index (χ1) is 18.5. The van der Waals surface area contributed by atoms with E-state index in [0.29, 0.717) is 26.6 Å². The van der Waals surface area contributed by atoms with Crippen molar-refractivity contribution in [2.75, 3.05) is 3.89 Å². The first-order valence-corrected chi connectivity index (χ1v) is 14.2. The van der Waals surface area contributed by atoms with E-state index in [4.69, 9.17) is 39.5 Å². The van der Waals surface area contributed by atoms with Crippen LogP contribution in [0.25, 0.3) is 44.6 Å². The van der Waals surface area contributed by atoms with Gasteiger partial charge in [-0.05, 0) is 48.5 Å². The number of nitrogens with zero attached hydrogens (tertiary/aromatic N) is 3. The summed E-state index contributed by atoms with van der Waals surface area (Å²) in [5, 5.41) is 12.9. The molecule has 6 nitrogen and oxygen atoms in total. The van der Waals surface area contributed by atoms with E-state index in [9.17, 15) is 5.11 Å². The lowest BCUT2D eigenvalue weighted by atomic mass is 10.2. The highest BCUT2D eigenvalue weighted by atomic mass is 127. The Bertz CT molecular complexity index is 1700. The molecule has 38 heavy (non-hydrogen) atoms. The summed E-state index contributed by atoms with van der Waals surface area (Å²) in [4.78, 5) is 11.7. The number of pyridine rings is 2. The third-order valence-electron chi connectivity index (χ3n) is 5.85. The summed E-state index contributed by atoms with van der Waals surface area (Å²) in [6, 6.07) is 26.9. The Morgan fingerprint density at radius 1 is 0.868 bits per heavy atom. The zero-order chi connectivity index (χ0) is 26.6. The van der Waals surface area contributed by atoms with E-state index in [1.54, 1.807) is 12.1 Å². The fraction of sp³-hybridized carbons (Fsp3) is 0.0714. The zero-order valence-electron chi connectivity index (χ0n) is 19.7. The number of aromatic nitrogens is 4. The van der Waals surface area contributed by atoms with Crippen LogP contribution in [-0.2, 0) is 6.73 Å². The molecule has 1 aliphatic heterocycles. The molecule has 10 heteroatoms. The van der Waals surface area contributed by atoms with Crippen LogP contribution in [0.2, 0.25) is 10.3 Å². The molecule has 0 saturated heterocycles. The maximum absolute atomic E-state index is 9.77. The van der Waals surface area contributed by atoms with Gasteiger partial charge in [-0.15, -0.1) is 11.6 Å². The number of aromatic hydroxyl groups is 1. The maximum atomic E-state index is 9.77. The largest absolute Gasteiger partial charge is 0.506 e. The van der Waals surface area contributed by atoms with E-state index in [0.717, 1.165) is 39.3 Å². The van der Waals surface area contributed by atoms with Crippen molar-refractivity contribution < 1.29 is 9.84 Å². The van der Waals surface area contributed by atoms with Crippen molar-refractivity contribution in [3.8, 4) is 34.3 Å². The molecule has 1 aliphatic rings. The van der Waals surface area contributed by atoms with E-state index in [1.807, 2.05) is 48.5 Å².